The molecule has 1 aromatic heterocycles. The summed E-state index contributed by atoms with van der Waals surface area (Å²) >= 11 is 0. The number of H-pyrrole nitrogens is 1. The summed E-state index contributed by atoms with van der Waals surface area (Å²) in [6, 6.07) is 16.2. The van der Waals surface area contributed by atoms with Crippen molar-refractivity contribution in [2.75, 3.05) is 13.6 Å². The molecule has 0 radical (unpaired) electrons. The highest BCUT2D eigenvalue weighted by Gasteiger charge is 2.04. The normalized spacial score (nSPS) is 11.3. The van der Waals surface area contributed by atoms with E-state index < -0.39 is 0 Å². The van der Waals surface area contributed by atoms with Crippen molar-refractivity contribution in [1.82, 2.24) is 15.6 Å². The number of benzene rings is 2. The first kappa shape index (κ1) is 17.6. The molecule has 1 heterocycles. The van der Waals surface area contributed by atoms with Crippen molar-refractivity contribution in [2.24, 2.45) is 4.99 Å². The van der Waals surface area contributed by atoms with Gasteiger partial charge in [0.25, 0.3) is 0 Å². The van der Waals surface area contributed by atoms with Crippen LogP contribution in [0.5, 0.6) is 0 Å². The SMILES string of the molecule is CN=C(NCCc1c[nH]c2cc(C)ccc12)NCc1cccc(C#N)c1. The van der Waals surface area contributed by atoms with Gasteiger partial charge in [-0.25, -0.2) is 0 Å². The molecule has 0 aliphatic heterocycles. The van der Waals surface area contributed by atoms with E-state index in [0.717, 1.165) is 24.5 Å². The molecule has 0 atom stereocenters. The number of nitriles is 1. The molecule has 5 heteroatoms. The lowest BCUT2D eigenvalue weighted by Gasteiger charge is -2.12. The van der Waals surface area contributed by atoms with Crippen LogP contribution in [0.3, 0.4) is 0 Å². The van der Waals surface area contributed by atoms with E-state index in [1.54, 1.807) is 13.1 Å². The van der Waals surface area contributed by atoms with E-state index in [1.807, 2.05) is 18.2 Å². The number of aliphatic imine (C=N–C) groups is 1. The maximum Gasteiger partial charge on any atom is 0.191 e. The van der Waals surface area contributed by atoms with E-state index in [4.69, 9.17) is 5.26 Å². The Morgan fingerprint density at radius 1 is 1.19 bits per heavy atom. The Balaban J connectivity index is 1.53. The Morgan fingerprint density at radius 2 is 2.08 bits per heavy atom. The quantitative estimate of drug-likeness (QED) is 0.491. The number of hydrogen-bond donors (Lipinski definition) is 3. The number of aromatic amines is 1. The Hall–Kier alpha value is -3.26. The minimum atomic E-state index is 0.627. The summed E-state index contributed by atoms with van der Waals surface area (Å²) in [5.41, 5.74) is 5.46. The monoisotopic (exact) mass is 345 g/mol. The number of nitrogens with one attached hydrogen (secondary N) is 3. The minimum absolute atomic E-state index is 0.627. The number of guanidine groups is 1. The van der Waals surface area contributed by atoms with E-state index in [9.17, 15) is 0 Å². The number of hydrogen-bond acceptors (Lipinski definition) is 2. The van der Waals surface area contributed by atoms with Crippen LogP contribution < -0.4 is 10.6 Å². The van der Waals surface area contributed by atoms with Crippen LogP contribution in [0.2, 0.25) is 0 Å². The fourth-order valence-electron chi connectivity index (χ4n) is 2.98. The standard InChI is InChI=1S/C21H23N5/c1-15-6-7-19-18(14-25-20(19)10-15)8-9-24-21(23-2)26-13-17-5-3-4-16(11-17)12-22/h3-7,10-11,14,25H,8-9,13H2,1-2H3,(H2,23,24,26). The maximum absolute atomic E-state index is 8.97. The molecule has 3 N–H and O–H groups in total. The van der Waals surface area contributed by atoms with Gasteiger partial charge in [0.05, 0.1) is 11.6 Å². The second-order valence-electron chi connectivity index (χ2n) is 6.28. The predicted molar refractivity (Wildman–Crippen MR) is 106 cm³/mol. The van der Waals surface area contributed by atoms with Crippen molar-refractivity contribution in [1.29, 1.82) is 5.26 Å². The lowest BCUT2D eigenvalue weighted by molar-refractivity contribution is 0.796. The number of aryl methyl sites for hydroxylation is 1. The fraction of sp³-hybridized carbons (Fsp3) is 0.238. The minimum Gasteiger partial charge on any atom is -0.361 e. The van der Waals surface area contributed by atoms with Gasteiger partial charge in [-0.1, -0.05) is 24.3 Å². The highest BCUT2D eigenvalue weighted by atomic mass is 15.2. The van der Waals surface area contributed by atoms with E-state index in [-0.39, 0.29) is 0 Å². The summed E-state index contributed by atoms with van der Waals surface area (Å²) in [4.78, 5) is 7.60. The molecule has 0 saturated carbocycles. The van der Waals surface area contributed by atoms with Crippen molar-refractivity contribution in [2.45, 2.75) is 19.9 Å². The topological polar surface area (TPSA) is 76.0 Å². The number of nitrogens with zero attached hydrogens (tertiary/aromatic N) is 2. The largest absolute Gasteiger partial charge is 0.361 e. The molecule has 0 aliphatic rings. The summed E-state index contributed by atoms with van der Waals surface area (Å²) in [5.74, 6) is 0.753. The van der Waals surface area contributed by atoms with Gasteiger partial charge in [-0.05, 0) is 48.2 Å². The highest BCUT2D eigenvalue weighted by Crippen LogP contribution is 2.19. The Labute approximate surface area is 153 Å². The van der Waals surface area contributed by atoms with Gasteiger partial charge in [0.1, 0.15) is 0 Å². The molecule has 3 aromatic rings. The van der Waals surface area contributed by atoms with Gasteiger partial charge >= 0.3 is 0 Å². The molecule has 0 bridgehead atoms. The van der Waals surface area contributed by atoms with Crippen LogP contribution in [0.15, 0.2) is 53.7 Å². The molecule has 3 rings (SSSR count). The first-order valence-electron chi connectivity index (χ1n) is 8.70. The predicted octanol–water partition coefficient (Wildman–Crippen LogP) is 3.26. The number of fused-ring (bicyclic) bond motifs is 1. The molecular formula is C21H23N5. The third-order valence-corrected chi connectivity index (χ3v) is 4.35. The van der Waals surface area contributed by atoms with E-state index in [1.165, 1.54) is 22.0 Å². The fourth-order valence-corrected chi connectivity index (χ4v) is 2.98. The van der Waals surface area contributed by atoms with Gasteiger partial charge in [0.2, 0.25) is 0 Å². The summed E-state index contributed by atoms with van der Waals surface area (Å²) in [5, 5.41) is 16.9. The Bertz CT molecular complexity index is 962. The lowest BCUT2D eigenvalue weighted by Crippen LogP contribution is -2.37. The van der Waals surface area contributed by atoms with Gasteiger partial charge in [-0.3, -0.25) is 4.99 Å². The number of rotatable bonds is 5. The first-order chi connectivity index (χ1) is 12.7. The molecule has 5 nitrogen and oxygen atoms in total. The molecule has 0 unspecified atom stereocenters. The average Bonchev–Trinajstić information content (AvgIpc) is 3.06. The zero-order valence-electron chi connectivity index (χ0n) is 15.1. The van der Waals surface area contributed by atoms with Crippen molar-refractivity contribution in [3.05, 3.63) is 70.9 Å². The van der Waals surface area contributed by atoms with Crippen LogP contribution in [0.1, 0.15) is 22.3 Å². The molecule has 132 valence electrons. The third kappa shape index (κ3) is 4.22. The van der Waals surface area contributed by atoms with Gasteiger partial charge in [-0.2, -0.15) is 5.26 Å². The summed E-state index contributed by atoms with van der Waals surface area (Å²) in [6.07, 6.45) is 2.99. The Kier molecular flexibility index (Phi) is 5.55. The van der Waals surface area contributed by atoms with Crippen molar-refractivity contribution in [3.63, 3.8) is 0 Å². The maximum atomic E-state index is 8.97. The average molecular weight is 345 g/mol. The van der Waals surface area contributed by atoms with E-state index in [2.05, 4.69) is 58.0 Å². The molecular weight excluding hydrogens is 322 g/mol. The van der Waals surface area contributed by atoms with E-state index in [0.29, 0.717) is 12.1 Å². The zero-order valence-corrected chi connectivity index (χ0v) is 15.1. The van der Waals surface area contributed by atoms with Gasteiger partial charge in [-0.15, -0.1) is 0 Å². The lowest BCUT2D eigenvalue weighted by atomic mass is 10.1. The smallest absolute Gasteiger partial charge is 0.191 e. The Morgan fingerprint density at radius 3 is 2.88 bits per heavy atom. The van der Waals surface area contributed by atoms with Crippen LogP contribution in [0.25, 0.3) is 10.9 Å². The molecule has 0 fully saturated rings. The molecule has 0 amide bonds. The molecule has 0 spiro atoms. The van der Waals surface area contributed by atoms with Crippen LogP contribution in [0, 0.1) is 18.3 Å². The van der Waals surface area contributed by atoms with Crippen LogP contribution >= 0.6 is 0 Å². The third-order valence-electron chi connectivity index (χ3n) is 4.35. The molecule has 0 saturated heterocycles. The van der Waals surface area contributed by atoms with Crippen LogP contribution in [-0.4, -0.2) is 24.5 Å². The van der Waals surface area contributed by atoms with Crippen LogP contribution in [-0.2, 0) is 13.0 Å². The highest BCUT2D eigenvalue weighted by molar-refractivity contribution is 5.84. The van der Waals surface area contributed by atoms with Gasteiger partial charge < -0.3 is 15.6 Å². The van der Waals surface area contributed by atoms with Crippen molar-refractivity contribution in [3.8, 4) is 6.07 Å². The van der Waals surface area contributed by atoms with Crippen LogP contribution in [0.4, 0.5) is 0 Å². The first-order valence-corrected chi connectivity index (χ1v) is 8.70. The summed E-state index contributed by atoms with van der Waals surface area (Å²) in [7, 11) is 1.76. The molecule has 2 aromatic carbocycles. The summed E-state index contributed by atoms with van der Waals surface area (Å²) in [6.45, 7) is 3.52. The van der Waals surface area contributed by atoms with Crippen molar-refractivity contribution >= 4 is 16.9 Å². The van der Waals surface area contributed by atoms with Gasteiger partial charge in [0.15, 0.2) is 5.96 Å². The second kappa shape index (κ2) is 8.21. The summed E-state index contributed by atoms with van der Waals surface area (Å²) < 4.78 is 0. The molecule has 0 aliphatic carbocycles. The number of aromatic nitrogens is 1. The zero-order chi connectivity index (χ0) is 18.4. The van der Waals surface area contributed by atoms with Crippen molar-refractivity contribution < 1.29 is 0 Å². The van der Waals surface area contributed by atoms with Gasteiger partial charge in [0, 0.05) is 37.2 Å². The molecule has 26 heavy (non-hydrogen) atoms. The second-order valence-corrected chi connectivity index (χ2v) is 6.28. The van der Waals surface area contributed by atoms with E-state index >= 15 is 0 Å².